The molecule has 1 heterocycles. The molecule has 1 rings (SSSR count). The number of likely N-dealkylation sites (N-methyl/N-ethyl adjacent to an activating group) is 1. The van der Waals surface area contributed by atoms with E-state index in [-0.39, 0.29) is 18.1 Å². The van der Waals surface area contributed by atoms with Gasteiger partial charge in [-0.3, -0.25) is 9.78 Å². The second-order valence-corrected chi connectivity index (χ2v) is 4.79. The van der Waals surface area contributed by atoms with E-state index in [0.717, 1.165) is 5.56 Å². The lowest BCUT2D eigenvalue weighted by atomic mass is 9.95. The first-order chi connectivity index (χ1) is 8.42. The van der Waals surface area contributed by atoms with Crippen molar-refractivity contribution in [1.82, 2.24) is 15.2 Å². The number of amides is 1. The van der Waals surface area contributed by atoms with Crippen molar-refractivity contribution in [2.24, 2.45) is 0 Å². The van der Waals surface area contributed by atoms with E-state index in [1.165, 1.54) is 4.90 Å². The maximum absolute atomic E-state index is 12.1. The van der Waals surface area contributed by atoms with Crippen molar-refractivity contribution in [2.45, 2.75) is 19.4 Å². The molecular weight excluding hydrogens is 230 g/mol. The number of carbonyl (C=O) groups is 1. The van der Waals surface area contributed by atoms with Gasteiger partial charge in [-0.2, -0.15) is 0 Å². The van der Waals surface area contributed by atoms with Crippen LogP contribution in [0, 0.1) is 0 Å². The zero-order chi connectivity index (χ0) is 13.8. The van der Waals surface area contributed by atoms with Gasteiger partial charge in [-0.15, -0.1) is 0 Å². The zero-order valence-corrected chi connectivity index (χ0v) is 11.4. The molecule has 0 atom stereocenters. The molecule has 0 aliphatic carbocycles. The van der Waals surface area contributed by atoms with Crippen LogP contribution in [0.4, 0.5) is 0 Å². The van der Waals surface area contributed by atoms with Gasteiger partial charge in [0, 0.05) is 31.5 Å². The average Bonchev–Trinajstić information content (AvgIpc) is 2.38. The van der Waals surface area contributed by atoms with Gasteiger partial charge in [0.05, 0.1) is 12.2 Å². The van der Waals surface area contributed by atoms with Crippen LogP contribution in [0.2, 0.25) is 0 Å². The van der Waals surface area contributed by atoms with E-state index in [1.807, 2.05) is 27.0 Å². The fourth-order valence-electron chi connectivity index (χ4n) is 1.51. The van der Waals surface area contributed by atoms with Gasteiger partial charge in [0.15, 0.2) is 0 Å². The van der Waals surface area contributed by atoms with E-state index in [1.54, 1.807) is 19.4 Å². The highest BCUT2D eigenvalue weighted by molar-refractivity contribution is 5.93. The monoisotopic (exact) mass is 251 g/mol. The normalized spacial score (nSPS) is 11.4. The summed E-state index contributed by atoms with van der Waals surface area (Å²) in [5.74, 6) is -0.134. The van der Waals surface area contributed by atoms with Crippen molar-refractivity contribution in [3.63, 3.8) is 0 Å². The van der Waals surface area contributed by atoms with Gasteiger partial charge in [0.25, 0.3) is 5.91 Å². The largest absolute Gasteiger partial charge is 0.395 e. The third kappa shape index (κ3) is 3.27. The molecule has 5 nitrogen and oxygen atoms in total. The van der Waals surface area contributed by atoms with Crippen LogP contribution < -0.4 is 5.32 Å². The number of aliphatic hydroxyl groups excluding tert-OH is 1. The summed E-state index contributed by atoms with van der Waals surface area (Å²) in [7, 11) is 3.53. The molecule has 2 N–H and O–H groups in total. The Bertz CT molecular complexity index is 418. The minimum absolute atomic E-state index is 0.0443. The number of carbonyl (C=O) groups excluding carboxylic acids is 1. The maximum atomic E-state index is 12.1. The Kier molecular flexibility index (Phi) is 4.81. The van der Waals surface area contributed by atoms with Crippen LogP contribution in [0.1, 0.15) is 29.8 Å². The molecule has 0 bridgehead atoms. The second-order valence-electron chi connectivity index (χ2n) is 4.79. The van der Waals surface area contributed by atoms with Crippen molar-refractivity contribution in [2.75, 3.05) is 27.2 Å². The molecule has 0 fully saturated rings. The minimum Gasteiger partial charge on any atom is -0.395 e. The maximum Gasteiger partial charge on any atom is 0.255 e. The molecule has 0 saturated carbocycles. The van der Waals surface area contributed by atoms with Gasteiger partial charge in [0.2, 0.25) is 0 Å². The van der Waals surface area contributed by atoms with Crippen molar-refractivity contribution in [3.05, 3.63) is 29.6 Å². The summed E-state index contributed by atoms with van der Waals surface area (Å²) in [6.45, 7) is 4.32. The van der Waals surface area contributed by atoms with E-state index in [2.05, 4.69) is 10.3 Å². The van der Waals surface area contributed by atoms with Crippen LogP contribution in [-0.2, 0) is 5.54 Å². The van der Waals surface area contributed by atoms with Crippen LogP contribution in [0.5, 0.6) is 0 Å². The Morgan fingerprint density at radius 3 is 2.72 bits per heavy atom. The lowest BCUT2D eigenvalue weighted by Crippen LogP contribution is -2.34. The first-order valence-electron chi connectivity index (χ1n) is 5.93. The zero-order valence-electron chi connectivity index (χ0n) is 11.4. The Balaban J connectivity index is 2.99. The number of nitrogens with zero attached hydrogens (tertiary/aromatic N) is 2. The van der Waals surface area contributed by atoms with Crippen LogP contribution in [0.25, 0.3) is 0 Å². The third-order valence-electron chi connectivity index (χ3n) is 3.11. The van der Waals surface area contributed by atoms with Crippen molar-refractivity contribution < 1.29 is 9.90 Å². The molecule has 100 valence electrons. The van der Waals surface area contributed by atoms with Crippen molar-refractivity contribution >= 4 is 5.91 Å². The molecule has 0 radical (unpaired) electrons. The summed E-state index contributed by atoms with van der Waals surface area (Å²) in [5.41, 5.74) is 1.25. The van der Waals surface area contributed by atoms with E-state index >= 15 is 0 Å². The highest BCUT2D eigenvalue weighted by atomic mass is 16.3. The number of aliphatic hydroxyl groups is 1. The fraction of sp³-hybridized carbons (Fsp3) is 0.538. The van der Waals surface area contributed by atoms with Crippen LogP contribution in [-0.4, -0.2) is 48.1 Å². The third-order valence-corrected chi connectivity index (χ3v) is 3.11. The summed E-state index contributed by atoms with van der Waals surface area (Å²) >= 11 is 0. The summed E-state index contributed by atoms with van der Waals surface area (Å²) in [6, 6.07) is 1.83. The number of aromatic nitrogens is 1. The number of rotatable bonds is 5. The molecule has 0 aliphatic rings. The molecular formula is C13H21N3O2. The van der Waals surface area contributed by atoms with Crippen LogP contribution >= 0.6 is 0 Å². The second kappa shape index (κ2) is 5.93. The van der Waals surface area contributed by atoms with Gasteiger partial charge >= 0.3 is 0 Å². The van der Waals surface area contributed by atoms with Crippen LogP contribution in [0.15, 0.2) is 18.5 Å². The van der Waals surface area contributed by atoms with Gasteiger partial charge in [-0.05, 0) is 32.5 Å². The lowest BCUT2D eigenvalue weighted by Gasteiger charge is -2.25. The lowest BCUT2D eigenvalue weighted by molar-refractivity contribution is 0.0766. The highest BCUT2D eigenvalue weighted by Gasteiger charge is 2.20. The first-order valence-corrected chi connectivity index (χ1v) is 5.93. The molecule has 0 aliphatic heterocycles. The molecule has 1 aromatic rings. The fourth-order valence-corrected chi connectivity index (χ4v) is 1.51. The van der Waals surface area contributed by atoms with Crippen molar-refractivity contribution in [1.29, 1.82) is 0 Å². The standard InChI is InChI=1S/C13H21N3O2/c1-13(2,14-3)11-7-10(8-15-9-11)12(18)16(4)5-6-17/h7-9,14,17H,5-6H2,1-4H3. The van der Waals surface area contributed by atoms with E-state index in [4.69, 9.17) is 5.11 Å². The Morgan fingerprint density at radius 1 is 1.50 bits per heavy atom. The number of nitrogens with one attached hydrogen (secondary N) is 1. The van der Waals surface area contributed by atoms with Gasteiger partial charge in [-0.25, -0.2) is 0 Å². The Labute approximate surface area is 108 Å². The summed E-state index contributed by atoms with van der Waals surface area (Å²) < 4.78 is 0. The predicted molar refractivity (Wildman–Crippen MR) is 70.4 cm³/mol. The smallest absolute Gasteiger partial charge is 0.255 e. The minimum atomic E-state index is -0.237. The summed E-state index contributed by atoms with van der Waals surface area (Å²) in [4.78, 5) is 17.6. The highest BCUT2D eigenvalue weighted by Crippen LogP contribution is 2.19. The van der Waals surface area contributed by atoms with E-state index in [0.29, 0.717) is 12.1 Å². The molecule has 0 unspecified atom stereocenters. The number of hydrogen-bond donors (Lipinski definition) is 2. The van der Waals surface area contributed by atoms with Gasteiger partial charge in [0.1, 0.15) is 0 Å². The number of pyridine rings is 1. The Hall–Kier alpha value is -1.46. The van der Waals surface area contributed by atoms with Crippen molar-refractivity contribution in [3.8, 4) is 0 Å². The molecule has 0 spiro atoms. The quantitative estimate of drug-likeness (QED) is 0.804. The topological polar surface area (TPSA) is 65.5 Å². The average molecular weight is 251 g/mol. The molecule has 1 aromatic heterocycles. The molecule has 5 heteroatoms. The molecule has 0 aromatic carbocycles. The van der Waals surface area contributed by atoms with E-state index in [9.17, 15) is 4.79 Å². The van der Waals surface area contributed by atoms with Gasteiger partial charge < -0.3 is 15.3 Å². The predicted octanol–water partition coefficient (Wildman–Crippen LogP) is 0.600. The SMILES string of the molecule is CNC(C)(C)c1cncc(C(=O)N(C)CCO)c1. The number of hydrogen-bond acceptors (Lipinski definition) is 4. The first kappa shape index (κ1) is 14.6. The Morgan fingerprint density at radius 2 is 2.17 bits per heavy atom. The molecule has 18 heavy (non-hydrogen) atoms. The van der Waals surface area contributed by atoms with E-state index < -0.39 is 0 Å². The van der Waals surface area contributed by atoms with Crippen LogP contribution in [0.3, 0.4) is 0 Å². The summed E-state index contributed by atoms with van der Waals surface area (Å²) in [5, 5.41) is 12.0. The van der Waals surface area contributed by atoms with Gasteiger partial charge in [-0.1, -0.05) is 0 Å². The summed E-state index contributed by atoms with van der Waals surface area (Å²) in [6.07, 6.45) is 3.30. The molecule has 1 amide bonds. The molecule has 0 saturated heterocycles.